The van der Waals surface area contributed by atoms with Gasteiger partial charge < -0.3 is 10.2 Å². The maximum atomic E-state index is 13.6. The lowest BCUT2D eigenvalue weighted by molar-refractivity contribution is -0.117. The molecule has 0 radical (unpaired) electrons. The Kier molecular flexibility index (Phi) is 7.66. The number of aromatic nitrogens is 2. The number of anilines is 3. The van der Waals surface area contributed by atoms with E-state index in [0.717, 1.165) is 28.6 Å². The molecule has 0 spiro atoms. The number of hydrogen-bond donors (Lipinski definition) is 2. The number of carbonyl (C=O) groups is 1. The van der Waals surface area contributed by atoms with Gasteiger partial charge in [-0.25, -0.2) is 13.4 Å². The Bertz CT molecular complexity index is 1440. The third-order valence-electron chi connectivity index (χ3n) is 5.56. The van der Waals surface area contributed by atoms with Gasteiger partial charge in [0.15, 0.2) is 0 Å². The van der Waals surface area contributed by atoms with Crippen LogP contribution in [-0.2, 0) is 21.2 Å². The third-order valence-corrected chi connectivity index (χ3v) is 6.74. The van der Waals surface area contributed by atoms with E-state index in [9.17, 15) is 13.2 Å². The van der Waals surface area contributed by atoms with Gasteiger partial charge >= 0.3 is 0 Å². The first-order chi connectivity index (χ1) is 17.2. The molecule has 0 aliphatic heterocycles. The van der Waals surface area contributed by atoms with Crippen LogP contribution in [0.2, 0.25) is 0 Å². The Hall–Kier alpha value is -3.76. The molecule has 4 aromatic rings. The van der Waals surface area contributed by atoms with Gasteiger partial charge in [0, 0.05) is 36.4 Å². The molecule has 0 unspecified atom stereocenters. The third kappa shape index (κ3) is 6.67. The summed E-state index contributed by atoms with van der Waals surface area (Å²) in [6.07, 6.45) is 3.25. The van der Waals surface area contributed by atoms with Gasteiger partial charge in [0.1, 0.15) is 11.9 Å². The second-order valence-corrected chi connectivity index (χ2v) is 11.0. The van der Waals surface area contributed by atoms with Crippen molar-refractivity contribution in [3.05, 3.63) is 89.0 Å². The monoisotopic (exact) mass is 521 g/mol. The Morgan fingerprint density at radius 3 is 2.44 bits per heavy atom. The summed E-state index contributed by atoms with van der Waals surface area (Å²) >= 11 is 1.46. The SMILES string of the molecule is Cc1cc(-c2cc(NC(=O)[C@H](Cc3ccccc3)N(C)c3cscn3)cc(NS(C)(=O)=O)c2)ccn1. The van der Waals surface area contributed by atoms with Crippen LogP contribution >= 0.6 is 11.3 Å². The topological polar surface area (TPSA) is 104 Å². The summed E-state index contributed by atoms with van der Waals surface area (Å²) in [6.45, 7) is 1.88. The second kappa shape index (κ2) is 10.9. The highest BCUT2D eigenvalue weighted by molar-refractivity contribution is 7.92. The van der Waals surface area contributed by atoms with Crippen LogP contribution in [0.4, 0.5) is 17.2 Å². The van der Waals surface area contributed by atoms with Gasteiger partial charge in [0.2, 0.25) is 15.9 Å². The molecule has 8 nitrogen and oxygen atoms in total. The van der Waals surface area contributed by atoms with Crippen molar-refractivity contribution >= 4 is 44.5 Å². The van der Waals surface area contributed by atoms with Gasteiger partial charge in [-0.15, -0.1) is 11.3 Å². The maximum Gasteiger partial charge on any atom is 0.247 e. The van der Waals surface area contributed by atoms with Gasteiger partial charge in [-0.1, -0.05) is 30.3 Å². The highest BCUT2D eigenvalue weighted by atomic mass is 32.2. The van der Waals surface area contributed by atoms with E-state index in [1.54, 1.807) is 23.8 Å². The van der Waals surface area contributed by atoms with Crippen molar-refractivity contribution in [1.29, 1.82) is 0 Å². The molecular weight excluding hydrogens is 494 g/mol. The molecule has 1 atom stereocenters. The van der Waals surface area contributed by atoms with Crippen LogP contribution < -0.4 is 14.9 Å². The molecule has 10 heteroatoms. The highest BCUT2D eigenvalue weighted by Gasteiger charge is 2.25. The predicted octanol–water partition coefficient (Wildman–Crippen LogP) is 4.57. The fourth-order valence-electron chi connectivity index (χ4n) is 3.87. The van der Waals surface area contributed by atoms with Crippen LogP contribution in [0.5, 0.6) is 0 Å². The van der Waals surface area contributed by atoms with Gasteiger partial charge in [-0.2, -0.15) is 0 Å². The lowest BCUT2D eigenvalue weighted by Crippen LogP contribution is -2.43. The molecule has 2 heterocycles. The number of carbonyl (C=O) groups excluding carboxylic acids is 1. The number of pyridine rings is 1. The van der Waals surface area contributed by atoms with Crippen LogP contribution in [-0.4, -0.2) is 43.6 Å². The van der Waals surface area contributed by atoms with Gasteiger partial charge in [0.05, 0.1) is 17.5 Å². The predicted molar refractivity (Wildman–Crippen MR) is 146 cm³/mol. The minimum atomic E-state index is -3.52. The van der Waals surface area contributed by atoms with E-state index in [0.29, 0.717) is 23.6 Å². The Balaban J connectivity index is 1.68. The summed E-state index contributed by atoms with van der Waals surface area (Å²) in [5.74, 6) is 0.472. The molecule has 4 rings (SSSR count). The first-order valence-electron chi connectivity index (χ1n) is 11.2. The average molecular weight is 522 g/mol. The number of hydrogen-bond acceptors (Lipinski definition) is 7. The molecule has 2 aromatic heterocycles. The molecule has 0 saturated heterocycles. The first-order valence-corrected chi connectivity index (χ1v) is 14.0. The first kappa shape index (κ1) is 25.3. The summed E-state index contributed by atoms with van der Waals surface area (Å²) in [5, 5.41) is 4.90. The summed E-state index contributed by atoms with van der Waals surface area (Å²) in [7, 11) is -1.68. The number of amides is 1. The zero-order valence-corrected chi connectivity index (χ0v) is 21.8. The standard InChI is InChI=1S/C26H27N5O3S2/c1-18-11-20(9-10-27-18)21-13-22(15-23(14-21)30-36(3,33)34)29-26(32)24(12-19-7-5-4-6-8-19)31(2)25-16-35-17-28-25/h4-11,13-17,24,30H,12H2,1-3H3,(H,29,32)/t24-/m0/s1. The molecule has 186 valence electrons. The van der Waals surface area contributed by atoms with Crippen LogP contribution in [0, 0.1) is 6.92 Å². The Morgan fingerprint density at radius 2 is 1.78 bits per heavy atom. The highest BCUT2D eigenvalue weighted by Crippen LogP contribution is 2.29. The molecule has 2 N–H and O–H groups in total. The lowest BCUT2D eigenvalue weighted by atomic mass is 10.0. The number of nitrogens with zero attached hydrogens (tertiary/aromatic N) is 3. The molecule has 0 saturated carbocycles. The zero-order chi connectivity index (χ0) is 25.7. The average Bonchev–Trinajstić information content (AvgIpc) is 3.36. The van der Waals surface area contributed by atoms with Crippen molar-refractivity contribution in [2.24, 2.45) is 0 Å². The van der Waals surface area contributed by atoms with Crippen molar-refractivity contribution in [2.45, 2.75) is 19.4 Å². The van der Waals surface area contributed by atoms with Gasteiger partial charge in [-0.05, 0) is 53.9 Å². The van der Waals surface area contributed by atoms with Crippen molar-refractivity contribution in [3.63, 3.8) is 0 Å². The zero-order valence-electron chi connectivity index (χ0n) is 20.2. The van der Waals surface area contributed by atoms with Gasteiger partial charge in [0.25, 0.3) is 0 Å². The van der Waals surface area contributed by atoms with Crippen LogP contribution in [0.1, 0.15) is 11.3 Å². The molecule has 1 amide bonds. The largest absolute Gasteiger partial charge is 0.347 e. The summed E-state index contributed by atoms with van der Waals surface area (Å²) in [6, 6.07) is 18.1. The molecule has 0 aliphatic rings. The number of thiazole rings is 1. The number of likely N-dealkylation sites (N-methyl/N-ethyl adjacent to an activating group) is 1. The maximum absolute atomic E-state index is 13.6. The van der Waals surface area contributed by atoms with Crippen molar-refractivity contribution in [3.8, 4) is 11.1 Å². The molecule has 36 heavy (non-hydrogen) atoms. The van der Waals surface area contributed by atoms with Crippen LogP contribution in [0.15, 0.2) is 77.8 Å². The van der Waals surface area contributed by atoms with E-state index in [4.69, 9.17) is 0 Å². The molecule has 0 fully saturated rings. The van der Waals surface area contributed by atoms with E-state index < -0.39 is 16.1 Å². The number of aryl methyl sites for hydroxylation is 1. The quantitative estimate of drug-likeness (QED) is 0.334. The molecule has 2 aromatic carbocycles. The second-order valence-electron chi connectivity index (χ2n) is 8.51. The van der Waals surface area contributed by atoms with E-state index >= 15 is 0 Å². The molecular formula is C26H27N5O3S2. The minimum Gasteiger partial charge on any atom is -0.347 e. The van der Waals surface area contributed by atoms with Gasteiger partial charge in [-0.3, -0.25) is 14.5 Å². The summed E-state index contributed by atoms with van der Waals surface area (Å²) < 4.78 is 26.4. The van der Waals surface area contributed by atoms with Crippen LogP contribution in [0.25, 0.3) is 11.1 Å². The van der Waals surface area contributed by atoms with E-state index in [1.165, 1.54) is 11.3 Å². The number of nitrogens with one attached hydrogen (secondary N) is 2. The normalized spacial score (nSPS) is 12.1. The molecule has 0 aliphatic carbocycles. The lowest BCUT2D eigenvalue weighted by Gasteiger charge is -2.27. The van der Waals surface area contributed by atoms with E-state index in [1.807, 2.05) is 72.8 Å². The number of benzene rings is 2. The number of rotatable bonds is 9. The van der Waals surface area contributed by atoms with Crippen LogP contribution in [0.3, 0.4) is 0 Å². The Morgan fingerprint density at radius 1 is 1.03 bits per heavy atom. The number of sulfonamides is 1. The fraction of sp³-hybridized carbons (Fsp3) is 0.192. The Labute approximate surface area is 215 Å². The smallest absolute Gasteiger partial charge is 0.247 e. The minimum absolute atomic E-state index is 0.234. The van der Waals surface area contributed by atoms with Crippen molar-refractivity contribution in [1.82, 2.24) is 9.97 Å². The fourth-order valence-corrected chi connectivity index (χ4v) is 5.00. The van der Waals surface area contributed by atoms with Crippen molar-refractivity contribution < 1.29 is 13.2 Å². The van der Waals surface area contributed by atoms with E-state index in [2.05, 4.69) is 20.0 Å². The van der Waals surface area contributed by atoms with Crippen molar-refractivity contribution in [2.75, 3.05) is 28.2 Å². The van der Waals surface area contributed by atoms with E-state index in [-0.39, 0.29) is 5.91 Å². The molecule has 0 bridgehead atoms. The summed E-state index contributed by atoms with van der Waals surface area (Å²) in [5.41, 5.74) is 6.00. The summed E-state index contributed by atoms with van der Waals surface area (Å²) in [4.78, 5) is 24.1.